The van der Waals surface area contributed by atoms with E-state index in [4.69, 9.17) is 9.47 Å². The van der Waals surface area contributed by atoms with Crippen molar-refractivity contribution in [2.24, 2.45) is 5.92 Å². The van der Waals surface area contributed by atoms with E-state index in [2.05, 4.69) is 0 Å². The number of aromatic hydroxyl groups is 3. The van der Waals surface area contributed by atoms with Crippen molar-refractivity contribution in [1.82, 2.24) is 5.32 Å². The van der Waals surface area contributed by atoms with Crippen molar-refractivity contribution >= 4 is 17.5 Å². The summed E-state index contributed by atoms with van der Waals surface area (Å²) in [4.78, 5) is 38.2. The second-order valence-corrected chi connectivity index (χ2v) is 11.2. The number of rotatable bonds is 5. The maximum atomic E-state index is 13.5. The zero-order valence-corrected chi connectivity index (χ0v) is 23.1. The van der Waals surface area contributed by atoms with Gasteiger partial charge < -0.3 is 40.3 Å². The molecule has 1 saturated heterocycles. The monoisotopic (exact) mass is 609 g/mol. The summed E-state index contributed by atoms with van der Waals surface area (Å²) in [6.45, 7) is 2.86. The Bertz CT molecular complexity index is 1510. The van der Waals surface area contributed by atoms with Gasteiger partial charge in [-0.1, -0.05) is 19.1 Å². The summed E-state index contributed by atoms with van der Waals surface area (Å²) in [6.07, 6.45) is -10.0. The number of alkyl halides is 3. The number of amides is 1. The predicted molar refractivity (Wildman–Crippen MR) is 140 cm³/mol. The van der Waals surface area contributed by atoms with E-state index in [0.29, 0.717) is 0 Å². The number of halogens is 3. The maximum Gasteiger partial charge on any atom is 0.471 e. The molecule has 3 aliphatic rings. The zero-order valence-electron chi connectivity index (χ0n) is 23.1. The number of benzene rings is 2. The van der Waals surface area contributed by atoms with Crippen molar-refractivity contribution in [3.05, 3.63) is 51.6 Å². The van der Waals surface area contributed by atoms with Gasteiger partial charge >= 0.3 is 12.1 Å². The molecule has 1 fully saturated rings. The molecule has 11 nitrogen and oxygen atoms in total. The molecule has 43 heavy (non-hydrogen) atoms. The number of aliphatic hydroxyl groups excluding tert-OH is 1. The standard InChI is InChI=1S/C29H30F3NO10/c1-3-28(41)9-15(43-16-8-12(7-11(2)42-16)10-33-27(40)29(30,31)32)18-21(26(28)39)25(38)19-20(24(18)37)23(36)17-13(22(19)35)5-4-6-14(17)34/h4-6,11-12,15-16,26,34,37-39,41H,3,7-10H2,1-2H3,(H,33,40)/t11-,12+,15-,16-,26+,28+/m0/s1. The lowest BCUT2D eigenvalue weighted by molar-refractivity contribution is -0.239. The van der Waals surface area contributed by atoms with Gasteiger partial charge in [0.25, 0.3) is 0 Å². The minimum atomic E-state index is -5.06. The SMILES string of the molecule is CC[C@@]1(O)C[C@H](O[C@H]2C[C@H](CNC(=O)C(F)(F)F)C[C@H](C)O2)c2c(O)c3c(c(O)c2[C@H]1O)C(=O)c1cccc(O)c1C3=O. The minimum absolute atomic E-state index is 0.00222. The molecule has 0 unspecified atom stereocenters. The smallest absolute Gasteiger partial charge is 0.471 e. The molecule has 2 aromatic carbocycles. The number of ketones is 2. The molecule has 1 aliphatic heterocycles. The van der Waals surface area contributed by atoms with Crippen LogP contribution in [0.3, 0.4) is 0 Å². The highest BCUT2D eigenvalue weighted by molar-refractivity contribution is 6.31. The van der Waals surface area contributed by atoms with Crippen LogP contribution in [0.1, 0.15) is 94.7 Å². The average Bonchev–Trinajstić information content (AvgIpc) is 2.93. The van der Waals surface area contributed by atoms with Crippen LogP contribution in [-0.4, -0.2) is 73.7 Å². The summed E-state index contributed by atoms with van der Waals surface area (Å²) in [5.41, 5.74) is -4.51. The van der Waals surface area contributed by atoms with Crippen molar-refractivity contribution in [3.63, 3.8) is 0 Å². The van der Waals surface area contributed by atoms with E-state index < -0.39 is 93.7 Å². The molecule has 14 heteroatoms. The third kappa shape index (κ3) is 5.11. The van der Waals surface area contributed by atoms with Gasteiger partial charge in [-0.25, -0.2) is 0 Å². The van der Waals surface area contributed by atoms with Crippen LogP contribution in [0.4, 0.5) is 13.2 Å². The summed E-state index contributed by atoms with van der Waals surface area (Å²) in [5.74, 6) is -6.67. The first-order valence-corrected chi connectivity index (χ1v) is 13.7. The number of hydrogen-bond donors (Lipinski definition) is 6. The van der Waals surface area contributed by atoms with Crippen molar-refractivity contribution < 1.29 is 62.6 Å². The number of phenols is 3. The zero-order chi connectivity index (χ0) is 31.6. The molecular formula is C29H30F3NO10. The number of ether oxygens (including phenoxy) is 2. The normalized spacial score (nSPS) is 28.6. The van der Waals surface area contributed by atoms with Gasteiger partial charge in [0.15, 0.2) is 12.1 Å². The summed E-state index contributed by atoms with van der Waals surface area (Å²) in [5, 5.41) is 57.5. The number of fused-ring (bicyclic) bond motifs is 3. The Morgan fingerprint density at radius 2 is 1.72 bits per heavy atom. The van der Waals surface area contributed by atoms with E-state index in [1.165, 1.54) is 18.2 Å². The first-order chi connectivity index (χ1) is 20.1. The van der Waals surface area contributed by atoms with Gasteiger partial charge in [-0.2, -0.15) is 13.2 Å². The van der Waals surface area contributed by atoms with Crippen LogP contribution in [0.2, 0.25) is 0 Å². The fourth-order valence-electron chi connectivity index (χ4n) is 6.27. The van der Waals surface area contributed by atoms with Crippen LogP contribution < -0.4 is 5.32 Å². The fraction of sp³-hybridized carbons (Fsp3) is 0.483. The van der Waals surface area contributed by atoms with E-state index in [9.17, 15) is 53.1 Å². The van der Waals surface area contributed by atoms with Gasteiger partial charge in [0.1, 0.15) is 23.4 Å². The van der Waals surface area contributed by atoms with Crippen LogP contribution >= 0.6 is 0 Å². The fourth-order valence-corrected chi connectivity index (χ4v) is 6.27. The van der Waals surface area contributed by atoms with Crippen LogP contribution in [0.25, 0.3) is 0 Å². The van der Waals surface area contributed by atoms with Crippen molar-refractivity contribution in [2.45, 2.75) is 75.9 Å². The second-order valence-electron chi connectivity index (χ2n) is 11.2. The third-order valence-electron chi connectivity index (χ3n) is 8.45. The molecular weight excluding hydrogens is 579 g/mol. The van der Waals surface area contributed by atoms with Gasteiger partial charge in [0, 0.05) is 36.1 Å². The van der Waals surface area contributed by atoms with E-state index >= 15 is 0 Å². The van der Waals surface area contributed by atoms with E-state index in [1.54, 1.807) is 13.8 Å². The van der Waals surface area contributed by atoms with Crippen molar-refractivity contribution in [2.75, 3.05) is 6.54 Å². The molecule has 232 valence electrons. The largest absolute Gasteiger partial charge is 0.507 e. The number of hydrogen-bond acceptors (Lipinski definition) is 10. The molecule has 2 aromatic rings. The van der Waals surface area contributed by atoms with Gasteiger partial charge in [0.05, 0.1) is 34.5 Å². The second kappa shape index (κ2) is 10.8. The van der Waals surface area contributed by atoms with E-state index in [1.807, 2.05) is 5.32 Å². The molecule has 1 amide bonds. The molecule has 0 bridgehead atoms. The molecule has 1 heterocycles. The summed E-state index contributed by atoms with van der Waals surface area (Å²) in [7, 11) is 0. The van der Waals surface area contributed by atoms with Crippen molar-refractivity contribution in [1.29, 1.82) is 0 Å². The quantitative estimate of drug-likeness (QED) is 0.235. The number of phenolic OH excluding ortho intramolecular Hbond substituents is 3. The van der Waals surface area contributed by atoms with Crippen LogP contribution in [0, 0.1) is 5.92 Å². The Hall–Kier alpha value is -3.72. The van der Waals surface area contributed by atoms with Crippen LogP contribution in [-0.2, 0) is 14.3 Å². The Labute approximate surface area is 242 Å². The Morgan fingerprint density at radius 1 is 1.07 bits per heavy atom. The average molecular weight is 610 g/mol. The summed E-state index contributed by atoms with van der Waals surface area (Å²) >= 11 is 0. The number of nitrogens with one attached hydrogen (secondary N) is 1. The number of carbonyl (C=O) groups is 3. The van der Waals surface area contributed by atoms with Gasteiger partial charge in [-0.05, 0) is 31.7 Å². The van der Waals surface area contributed by atoms with E-state index in [0.717, 1.165) is 0 Å². The first-order valence-electron chi connectivity index (χ1n) is 13.7. The lowest BCUT2D eigenvalue weighted by atomic mass is 9.70. The molecule has 0 radical (unpaired) electrons. The number of aliphatic hydroxyl groups is 2. The Kier molecular flexibility index (Phi) is 7.70. The van der Waals surface area contributed by atoms with Crippen molar-refractivity contribution in [3.8, 4) is 17.2 Å². The maximum absolute atomic E-state index is 13.5. The Morgan fingerprint density at radius 3 is 2.37 bits per heavy atom. The van der Waals surface area contributed by atoms with Crippen LogP contribution in [0.5, 0.6) is 17.2 Å². The molecule has 0 aromatic heterocycles. The molecule has 6 N–H and O–H groups in total. The predicted octanol–water partition coefficient (Wildman–Crippen LogP) is 3.03. The molecule has 5 rings (SSSR count). The number of carbonyl (C=O) groups excluding carboxylic acids is 3. The van der Waals surface area contributed by atoms with E-state index in [-0.39, 0.29) is 48.9 Å². The van der Waals surface area contributed by atoms with Gasteiger partial charge in [-0.15, -0.1) is 0 Å². The lowest BCUT2D eigenvalue weighted by Gasteiger charge is -2.44. The summed E-state index contributed by atoms with van der Waals surface area (Å²) in [6, 6.07) is 3.76. The topological polar surface area (TPSA) is 183 Å². The summed E-state index contributed by atoms with van der Waals surface area (Å²) < 4.78 is 50.0. The highest BCUT2D eigenvalue weighted by Crippen LogP contribution is 2.56. The minimum Gasteiger partial charge on any atom is -0.507 e. The third-order valence-corrected chi connectivity index (χ3v) is 8.45. The molecule has 0 spiro atoms. The highest BCUT2D eigenvalue weighted by Gasteiger charge is 2.51. The van der Waals surface area contributed by atoms with Crippen LogP contribution in [0.15, 0.2) is 18.2 Å². The molecule has 6 atom stereocenters. The molecule has 0 saturated carbocycles. The Balaban J connectivity index is 1.55. The highest BCUT2D eigenvalue weighted by atomic mass is 19.4. The first kappa shape index (κ1) is 30.7. The molecule has 2 aliphatic carbocycles. The van der Waals surface area contributed by atoms with Gasteiger partial charge in [-0.3, -0.25) is 14.4 Å². The van der Waals surface area contributed by atoms with Gasteiger partial charge in [0.2, 0.25) is 5.78 Å². The lowest BCUT2D eigenvalue weighted by Crippen LogP contribution is -2.45.